The topological polar surface area (TPSA) is 3.24 Å². The zero-order valence-corrected chi connectivity index (χ0v) is 12.6. The maximum atomic E-state index is 2.85. The Bertz CT molecular complexity index is 178. The van der Waals surface area contributed by atoms with E-state index in [1.807, 2.05) is 0 Å². The predicted molar refractivity (Wildman–Crippen MR) is 77.4 cm³/mol. The van der Waals surface area contributed by atoms with Gasteiger partial charge in [-0.2, -0.15) is 0 Å². The van der Waals surface area contributed by atoms with Gasteiger partial charge >= 0.3 is 0 Å². The lowest BCUT2D eigenvalue weighted by atomic mass is 9.75. The highest BCUT2D eigenvalue weighted by Gasteiger charge is 2.45. The number of likely N-dealkylation sites (tertiary alicyclic amines) is 1. The molecule has 1 rings (SSSR count). The SMILES string of the molecule is CCCC1CCN(CCC)C1(CCC)CCC. The number of nitrogens with zero attached hydrogens (tertiary/aromatic N) is 1. The molecule has 0 saturated carbocycles. The predicted octanol–water partition coefficient (Wildman–Crippen LogP) is 4.86. The van der Waals surface area contributed by atoms with Crippen LogP contribution in [0.3, 0.4) is 0 Å². The lowest BCUT2D eigenvalue weighted by Crippen LogP contribution is -2.48. The van der Waals surface area contributed by atoms with Crippen molar-refractivity contribution in [2.24, 2.45) is 5.92 Å². The minimum Gasteiger partial charge on any atom is -0.297 e. The van der Waals surface area contributed by atoms with Gasteiger partial charge in [0.1, 0.15) is 0 Å². The van der Waals surface area contributed by atoms with Crippen molar-refractivity contribution in [1.82, 2.24) is 4.90 Å². The molecule has 0 radical (unpaired) electrons. The molecule has 0 aromatic carbocycles. The lowest BCUT2D eigenvalue weighted by molar-refractivity contribution is 0.0736. The molecule has 1 aliphatic heterocycles. The van der Waals surface area contributed by atoms with Crippen LogP contribution in [0.25, 0.3) is 0 Å². The molecule has 1 fully saturated rings. The summed E-state index contributed by atoms with van der Waals surface area (Å²) >= 11 is 0. The molecule has 17 heavy (non-hydrogen) atoms. The number of hydrogen-bond donors (Lipinski definition) is 0. The third-order valence-electron chi connectivity index (χ3n) is 4.63. The smallest absolute Gasteiger partial charge is 0.0238 e. The monoisotopic (exact) mass is 239 g/mol. The van der Waals surface area contributed by atoms with Crippen LogP contribution >= 0.6 is 0 Å². The summed E-state index contributed by atoms with van der Waals surface area (Å²) in [4.78, 5) is 2.85. The molecule has 1 unspecified atom stereocenters. The van der Waals surface area contributed by atoms with E-state index in [-0.39, 0.29) is 0 Å². The Hall–Kier alpha value is -0.0400. The molecule has 1 nitrogen and oxygen atoms in total. The first-order valence-corrected chi connectivity index (χ1v) is 8.00. The van der Waals surface area contributed by atoms with Crippen molar-refractivity contribution >= 4 is 0 Å². The first-order valence-electron chi connectivity index (χ1n) is 8.00. The maximum absolute atomic E-state index is 2.85. The molecule has 0 bridgehead atoms. The molecular formula is C16H33N. The van der Waals surface area contributed by atoms with E-state index in [1.165, 1.54) is 64.5 Å². The van der Waals surface area contributed by atoms with Crippen molar-refractivity contribution in [3.63, 3.8) is 0 Å². The van der Waals surface area contributed by atoms with Gasteiger partial charge in [0.15, 0.2) is 0 Å². The summed E-state index contributed by atoms with van der Waals surface area (Å²) in [6.45, 7) is 12.1. The molecule has 0 amide bonds. The normalized spacial score (nSPS) is 24.4. The Morgan fingerprint density at radius 3 is 2.06 bits per heavy atom. The molecule has 1 atom stereocenters. The van der Waals surface area contributed by atoms with Gasteiger partial charge in [-0.25, -0.2) is 0 Å². The van der Waals surface area contributed by atoms with E-state index in [0.717, 1.165) is 5.92 Å². The molecule has 1 heterocycles. The fraction of sp³-hybridized carbons (Fsp3) is 1.00. The van der Waals surface area contributed by atoms with Gasteiger partial charge in [0, 0.05) is 5.54 Å². The van der Waals surface area contributed by atoms with Gasteiger partial charge in [-0.3, -0.25) is 4.90 Å². The average molecular weight is 239 g/mol. The van der Waals surface area contributed by atoms with Crippen molar-refractivity contribution < 1.29 is 0 Å². The molecule has 0 aliphatic carbocycles. The van der Waals surface area contributed by atoms with Gasteiger partial charge in [-0.1, -0.05) is 47.0 Å². The van der Waals surface area contributed by atoms with Crippen molar-refractivity contribution in [2.75, 3.05) is 13.1 Å². The van der Waals surface area contributed by atoms with Crippen molar-refractivity contribution in [1.29, 1.82) is 0 Å². The van der Waals surface area contributed by atoms with Crippen LogP contribution in [0, 0.1) is 5.92 Å². The Morgan fingerprint density at radius 1 is 0.941 bits per heavy atom. The molecule has 0 spiro atoms. The van der Waals surface area contributed by atoms with E-state index in [9.17, 15) is 0 Å². The van der Waals surface area contributed by atoms with E-state index in [2.05, 4.69) is 32.6 Å². The van der Waals surface area contributed by atoms with Gasteiger partial charge in [-0.05, 0) is 51.1 Å². The average Bonchev–Trinajstić information content (AvgIpc) is 2.61. The summed E-state index contributed by atoms with van der Waals surface area (Å²) in [7, 11) is 0. The molecular weight excluding hydrogens is 206 g/mol. The van der Waals surface area contributed by atoms with Gasteiger partial charge in [0.25, 0.3) is 0 Å². The standard InChI is InChI=1S/C16H33N/c1-5-9-15-10-14-17(13-8-4)16(15,11-6-2)12-7-3/h15H,5-14H2,1-4H3. The van der Waals surface area contributed by atoms with Crippen LogP contribution < -0.4 is 0 Å². The summed E-state index contributed by atoms with van der Waals surface area (Å²) in [5.41, 5.74) is 0.565. The van der Waals surface area contributed by atoms with Crippen LogP contribution in [0.5, 0.6) is 0 Å². The molecule has 1 aliphatic rings. The first-order chi connectivity index (χ1) is 8.25. The van der Waals surface area contributed by atoms with Crippen LogP contribution in [0.1, 0.15) is 79.1 Å². The molecule has 0 N–H and O–H groups in total. The zero-order valence-electron chi connectivity index (χ0n) is 12.6. The molecule has 1 heteroatoms. The van der Waals surface area contributed by atoms with E-state index in [4.69, 9.17) is 0 Å². The highest BCUT2D eigenvalue weighted by molar-refractivity contribution is 5.00. The second-order valence-electron chi connectivity index (χ2n) is 5.86. The van der Waals surface area contributed by atoms with Gasteiger partial charge < -0.3 is 0 Å². The zero-order chi connectivity index (χ0) is 12.7. The fourth-order valence-electron chi connectivity index (χ4n) is 4.14. The van der Waals surface area contributed by atoms with E-state index in [0.29, 0.717) is 5.54 Å². The molecule has 1 saturated heterocycles. The summed E-state index contributed by atoms with van der Waals surface area (Å²) in [6.07, 6.45) is 11.1. The number of rotatable bonds is 8. The maximum Gasteiger partial charge on any atom is 0.0238 e. The third kappa shape index (κ3) is 3.24. The number of hydrogen-bond acceptors (Lipinski definition) is 1. The third-order valence-corrected chi connectivity index (χ3v) is 4.63. The highest BCUT2D eigenvalue weighted by Crippen LogP contribution is 2.44. The Kier molecular flexibility index (Phi) is 6.54. The summed E-state index contributed by atoms with van der Waals surface area (Å²) in [6, 6.07) is 0. The minimum absolute atomic E-state index is 0.565. The fourth-order valence-corrected chi connectivity index (χ4v) is 4.14. The van der Waals surface area contributed by atoms with Crippen LogP contribution in [-0.4, -0.2) is 23.5 Å². The first kappa shape index (κ1) is 15.0. The van der Waals surface area contributed by atoms with Gasteiger partial charge in [-0.15, -0.1) is 0 Å². The largest absolute Gasteiger partial charge is 0.297 e. The Labute approximate surface area is 109 Å². The summed E-state index contributed by atoms with van der Waals surface area (Å²) in [5, 5.41) is 0. The quantitative estimate of drug-likeness (QED) is 0.585. The second-order valence-corrected chi connectivity index (χ2v) is 5.86. The van der Waals surface area contributed by atoms with E-state index in [1.54, 1.807) is 0 Å². The van der Waals surface area contributed by atoms with Crippen molar-refractivity contribution in [3.05, 3.63) is 0 Å². The summed E-state index contributed by atoms with van der Waals surface area (Å²) in [5.74, 6) is 0.971. The van der Waals surface area contributed by atoms with Gasteiger partial charge in [0.2, 0.25) is 0 Å². The molecule has 102 valence electrons. The van der Waals surface area contributed by atoms with E-state index < -0.39 is 0 Å². The van der Waals surface area contributed by atoms with Crippen LogP contribution in [-0.2, 0) is 0 Å². The Morgan fingerprint density at radius 2 is 1.59 bits per heavy atom. The Balaban J connectivity index is 2.84. The molecule has 0 aromatic heterocycles. The highest BCUT2D eigenvalue weighted by atomic mass is 15.2. The van der Waals surface area contributed by atoms with Crippen LogP contribution in [0.2, 0.25) is 0 Å². The van der Waals surface area contributed by atoms with Crippen LogP contribution in [0.15, 0.2) is 0 Å². The summed E-state index contributed by atoms with van der Waals surface area (Å²) < 4.78 is 0. The lowest BCUT2D eigenvalue weighted by Gasteiger charge is -2.43. The minimum atomic E-state index is 0.565. The van der Waals surface area contributed by atoms with Crippen molar-refractivity contribution in [3.8, 4) is 0 Å². The van der Waals surface area contributed by atoms with Crippen LogP contribution in [0.4, 0.5) is 0 Å². The molecule has 0 aromatic rings. The van der Waals surface area contributed by atoms with E-state index >= 15 is 0 Å². The second kappa shape index (κ2) is 7.41. The van der Waals surface area contributed by atoms with Gasteiger partial charge in [0.05, 0.1) is 0 Å². The van der Waals surface area contributed by atoms with Crippen molar-refractivity contribution in [2.45, 2.75) is 84.6 Å².